The molecule has 0 spiro atoms. The van der Waals surface area contributed by atoms with Crippen molar-refractivity contribution in [3.63, 3.8) is 0 Å². The molecule has 4 rings (SSSR count). The van der Waals surface area contributed by atoms with Gasteiger partial charge >= 0.3 is 0 Å². The number of fused-ring (bicyclic) bond motifs is 3. The molecule has 0 saturated heterocycles. The van der Waals surface area contributed by atoms with Crippen LogP contribution < -0.4 is 5.73 Å². The molecule has 25 heavy (non-hydrogen) atoms. The number of hydrogen-bond donors (Lipinski definition) is 1. The summed E-state index contributed by atoms with van der Waals surface area (Å²) in [6.45, 7) is 5.01. The van der Waals surface area contributed by atoms with Crippen LogP contribution in [0.25, 0.3) is 21.8 Å². The lowest BCUT2D eigenvalue weighted by atomic mass is 10.1. The molecule has 0 aliphatic carbocycles. The summed E-state index contributed by atoms with van der Waals surface area (Å²) in [4.78, 5) is 11.9. The minimum Gasteiger partial charge on any atom is -0.366 e. The average Bonchev–Trinajstić information content (AvgIpc) is 2.92. The van der Waals surface area contributed by atoms with E-state index in [0.29, 0.717) is 5.56 Å². The molecule has 124 valence electrons. The van der Waals surface area contributed by atoms with Gasteiger partial charge in [0, 0.05) is 28.4 Å². The van der Waals surface area contributed by atoms with Gasteiger partial charge in [0.1, 0.15) is 0 Å². The highest BCUT2D eigenvalue weighted by Crippen LogP contribution is 2.32. The van der Waals surface area contributed by atoms with E-state index in [1.807, 2.05) is 18.2 Å². The highest BCUT2D eigenvalue weighted by molar-refractivity contribution is 6.17. The van der Waals surface area contributed by atoms with Crippen molar-refractivity contribution >= 4 is 27.7 Å². The smallest absolute Gasteiger partial charge is 0.249 e. The van der Waals surface area contributed by atoms with E-state index in [4.69, 9.17) is 5.73 Å². The van der Waals surface area contributed by atoms with E-state index in [9.17, 15) is 4.79 Å². The summed E-state index contributed by atoms with van der Waals surface area (Å²) in [5.74, 6) is -0.389. The van der Waals surface area contributed by atoms with E-state index >= 15 is 0 Å². The van der Waals surface area contributed by atoms with Crippen LogP contribution in [0.5, 0.6) is 0 Å². The van der Waals surface area contributed by atoms with Crippen LogP contribution in [0.1, 0.15) is 27.0 Å². The summed E-state index contributed by atoms with van der Waals surface area (Å²) >= 11 is 0. The number of para-hydroxylation sites is 1. The summed E-state index contributed by atoms with van der Waals surface area (Å²) in [6, 6.07) is 20.5. The van der Waals surface area contributed by atoms with Gasteiger partial charge in [-0.3, -0.25) is 4.79 Å². The summed E-state index contributed by atoms with van der Waals surface area (Å²) in [5, 5.41) is 2.01. The molecule has 3 aromatic carbocycles. The topological polar surface area (TPSA) is 48.0 Å². The minimum atomic E-state index is -0.389. The molecular formula is C22H20N2O. The van der Waals surface area contributed by atoms with Crippen molar-refractivity contribution in [3.05, 3.63) is 82.9 Å². The summed E-state index contributed by atoms with van der Waals surface area (Å²) in [5.41, 5.74) is 12.2. The number of carbonyl (C=O) groups is 1. The number of carbonyl (C=O) groups excluding carboxylic acids is 1. The van der Waals surface area contributed by atoms with Crippen LogP contribution in [0, 0.1) is 13.8 Å². The summed E-state index contributed by atoms with van der Waals surface area (Å²) in [7, 11) is 0. The molecule has 4 aromatic rings. The number of primary amides is 1. The van der Waals surface area contributed by atoms with Gasteiger partial charge in [-0.2, -0.15) is 0 Å². The van der Waals surface area contributed by atoms with Gasteiger partial charge in [0.05, 0.1) is 5.52 Å². The fourth-order valence-corrected chi connectivity index (χ4v) is 3.61. The first-order valence-corrected chi connectivity index (χ1v) is 8.42. The maximum atomic E-state index is 11.9. The van der Waals surface area contributed by atoms with Crippen molar-refractivity contribution in [2.75, 3.05) is 0 Å². The first-order valence-electron chi connectivity index (χ1n) is 8.42. The molecule has 2 N–H and O–H groups in total. The molecule has 0 radical (unpaired) electrons. The zero-order valence-electron chi connectivity index (χ0n) is 14.4. The lowest BCUT2D eigenvalue weighted by Gasteiger charge is -2.11. The van der Waals surface area contributed by atoms with Crippen molar-refractivity contribution in [1.29, 1.82) is 0 Å². The van der Waals surface area contributed by atoms with Crippen molar-refractivity contribution in [2.24, 2.45) is 5.73 Å². The van der Waals surface area contributed by atoms with E-state index < -0.39 is 0 Å². The van der Waals surface area contributed by atoms with Gasteiger partial charge < -0.3 is 10.3 Å². The van der Waals surface area contributed by atoms with Gasteiger partial charge in [0.15, 0.2) is 0 Å². The average molecular weight is 328 g/mol. The fraction of sp³-hybridized carbons (Fsp3) is 0.136. The molecule has 3 heteroatoms. The number of aromatic nitrogens is 1. The Morgan fingerprint density at radius 3 is 2.52 bits per heavy atom. The van der Waals surface area contributed by atoms with Crippen molar-refractivity contribution in [2.45, 2.75) is 20.4 Å². The van der Waals surface area contributed by atoms with E-state index in [1.165, 1.54) is 16.7 Å². The maximum Gasteiger partial charge on any atom is 0.249 e. The number of nitrogens with zero attached hydrogens (tertiary/aromatic N) is 1. The third kappa shape index (κ3) is 2.49. The number of hydrogen-bond acceptors (Lipinski definition) is 1. The largest absolute Gasteiger partial charge is 0.366 e. The second-order valence-electron chi connectivity index (χ2n) is 6.60. The molecule has 0 fully saturated rings. The Morgan fingerprint density at radius 1 is 0.960 bits per heavy atom. The van der Waals surface area contributed by atoms with Gasteiger partial charge in [0.2, 0.25) is 5.91 Å². The predicted molar refractivity (Wildman–Crippen MR) is 103 cm³/mol. The Hall–Kier alpha value is -3.07. The van der Waals surface area contributed by atoms with Gasteiger partial charge in [0.25, 0.3) is 0 Å². The maximum absolute atomic E-state index is 11.9. The second-order valence-corrected chi connectivity index (χ2v) is 6.60. The van der Waals surface area contributed by atoms with E-state index in [1.54, 1.807) is 6.07 Å². The van der Waals surface area contributed by atoms with Crippen LogP contribution in [-0.4, -0.2) is 10.5 Å². The van der Waals surface area contributed by atoms with Gasteiger partial charge in [-0.1, -0.05) is 48.0 Å². The first kappa shape index (κ1) is 15.5. The zero-order valence-corrected chi connectivity index (χ0v) is 14.4. The lowest BCUT2D eigenvalue weighted by molar-refractivity contribution is 0.100. The molecule has 0 saturated carbocycles. The van der Waals surface area contributed by atoms with Crippen LogP contribution in [0.4, 0.5) is 0 Å². The molecule has 1 aromatic heterocycles. The number of nitrogens with two attached hydrogens (primary N) is 1. The molecule has 0 unspecified atom stereocenters. The van der Waals surface area contributed by atoms with Gasteiger partial charge in [-0.25, -0.2) is 0 Å². The van der Waals surface area contributed by atoms with Crippen molar-refractivity contribution < 1.29 is 4.79 Å². The Morgan fingerprint density at radius 2 is 1.72 bits per heavy atom. The van der Waals surface area contributed by atoms with Crippen LogP contribution >= 0.6 is 0 Å². The number of aryl methyl sites for hydroxylation is 2. The van der Waals surface area contributed by atoms with Crippen molar-refractivity contribution in [1.82, 2.24) is 4.57 Å². The Balaban J connectivity index is 2.04. The van der Waals surface area contributed by atoms with Gasteiger partial charge in [-0.15, -0.1) is 0 Å². The number of benzene rings is 3. The zero-order chi connectivity index (χ0) is 17.6. The minimum absolute atomic E-state index is 0.389. The lowest BCUT2D eigenvalue weighted by Crippen LogP contribution is -2.11. The van der Waals surface area contributed by atoms with Crippen LogP contribution in [0.2, 0.25) is 0 Å². The summed E-state index contributed by atoms with van der Waals surface area (Å²) < 4.78 is 2.28. The van der Waals surface area contributed by atoms with Crippen molar-refractivity contribution in [3.8, 4) is 0 Å². The second kappa shape index (κ2) is 5.78. The normalized spacial score (nSPS) is 11.3. The Kier molecular flexibility index (Phi) is 3.57. The third-order valence-electron chi connectivity index (χ3n) is 4.90. The number of amides is 1. The Bertz CT molecular complexity index is 1120. The first-order chi connectivity index (χ1) is 12.1. The standard InChI is InChI=1S/C22H20N2O/c1-14-10-11-15(2)16(12-14)13-24-19-8-4-3-6-17(19)21-18(22(23)25)7-5-9-20(21)24/h3-12H,13H2,1-2H3,(H2,23,25). The molecule has 0 bridgehead atoms. The quantitative estimate of drug-likeness (QED) is 0.589. The summed E-state index contributed by atoms with van der Waals surface area (Å²) in [6.07, 6.45) is 0. The molecule has 1 heterocycles. The molecule has 1 amide bonds. The third-order valence-corrected chi connectivity index (χ3v) is 4.90. The number of rotatable bonds is 3. The molecule has 0 atom stereocenters. The van der Waals surface area contributed by atoms with Crippen LogP contribution in [0.3, 0.4) is 0 Å². The highest BCUT2D eigenvalue weighted by atomic mass is 16.1. The Labute approximate surface area is 146 Å². The SMILES string of the molecule is Cc1ccc(C)c(Cn2c3ccccc3c3c(C(N)=O)cccc32)c1. The van der Waals surface area contributed by atoms with E-state index in [0.717, 1.165) is 28.4 Å². The molecule has 3 nitrogen and oxygen atoms in total. The van der Waals surface area contributed by atoms with Crippen LogP contribution in [-0.2, 0) is 6.54 Å². The van der Waals surface area contributed by atoms with Crippen LogP contribution in [0.15, 0.2) is 60.7 Å². The van der Waals surface area contributed by atoms with E-state index in [2.05, 4.69) is 54.8 Å². The van der Waals surface area contributed by atoms with Gasteiger partial charge in [-0.05, 0) is 43.2 Å². The predicted octanol–water partition coefficient (Wildman–Crippen LogP) is 4.56. The highest BCUT2D eigenvalue weighted by Gasteiger charge is 2.16. The monoisotopic (exact) mass is 328 g/mol. The fourth-order valence-electron chi connectivity index (χ4n) is 3.61. The molecule has 0 aliphatic heterocycles. The molecular weight excluding hydrogens is 308 g/mol. The van der Waals surface area contributed by atoms with E-state index in [-0.39, 0.29) is 5.91 Å². The molecule has 0 aliphatic rings.